The molecule has 1 aromatic carbocycles. The molecule has 3 rings (SSSR count). The first-order valence-corrected chi connectivity index (χ1v) is 9.26. The Kier molecular flexibility index (Phi) is 5.17. The van der Waals surface area contributed by atoms with Crippen LogP contribution in [0.5, 0.6) is 0 Å². The van der Waals surface area contributed by atoms with Crippen LogP contribution in [0.1, 0.15) is 36.5 Å². The van der Waals surface area contributed by atoms with Gasteiger partial charge in [0.15, 0.2) is 5.43 Å². The van der Waals surface area contributed by atoms with E-state index in [9.17, 15) is 9.59 Å². The largest absolute Gasteiger partial charge is 0.358 e. The van der Waals surface area contributed by atoms with E-state index in [2.05, 4.69) is 15.4 Å². The quantitative estimate of drug-likeness (QED) is 0.727. The molecule has 27 heavy (non-hydrogen) atoms. The SMILES string of the molecule is CCc1cc(=O)c2cc(NC(=O)[C@@H](C)Cc3c(C)nn(C)c3C)ccc2[nH]1. The summed E-state index contributed by atoms with van der Waals surface area (Å²) in [7, 11) is 1.91. The van der Waals surface area contributed by atoms with Gasteiger partial charge in [-0.15, -0.1) is 0 Å². The van der Waals surface area contributed by atoms with E-state index in [-0.39, 0.29) is 17.3 Å². The number of hydrogen-bond donors (Lipinski definition) is 2. The summed E-state index contributed by atoms with van der Waals surface area (Å²) in [6.45, 7) is 7.88. The van der Waals surface area contributed by atoms with Gasteiger partial charge in [0.1, 0.15) is 0 Å². The van der Waals surface area contributed by atoms with E-state index in [4.69, 9.17) is 0 Å². The van der Waals surface area contributed by atoms with E-state index in [1.165, 1.54) is 0 Å². The van der Waals surface area contributed by atoms with Crippen LogP contribution < -0.4 is 10.7 Å². The third-order valence-corrected chi connectivity index (χ3v) is 5.15. The molecule has 2 N–H and O–H groups in total. The lowest BCUT2D eigenvalue weighted by Crippen LogP contribution is -2.22. The number of rotatable bonds is 5. The fraction of sp³-hybridized carbons (Fsp3) is 0.381. The van der Waals surface area contributed by atoms with Gasteiger partial charge in [0, 0.05) is 47.0 Å². The Morgan fingerprint density at radius 3 is 2.67 bits per heavy atom. The maximum atomic E-state index is 12.6. The Hall–Kier alpha value is -2.89. The molecule has 1 amide bonds. The highest BCUT2D eigenvalue weighted by atomic mass is 16.1. The Bertz CT molecular complexity index is 1060. The summed E-state index contributed by atoms with van der Waals surface area (Å²) in [5.74, 6) is -0.276. The van der Waals surface area contributed by atoms with Crippen molar-refractivity contribution in [2.24, 2.45) is 13.0 Å². The normalized spacial score (nSPS) is 12.3. The number of aromatic nitrogens is 3. The van der Waals surface area contributed by atoms with Gasteiger partial charge in [-0.2, -0.15) is 5.10 Å². The number of aryl methyl sites for hydroxylation is 3. The van der Waals surface area contributed by atoms with E-state index in [0.29, 0.717) is 17.5 Å². The standard InChI is InChI=1S/C21H26N4O2/c1-6-15-11-20(26)18-10-16(7-8-19(18)22-15)23-21(27)12(2)9-17-13(3)24-25(5)14(17)4/h7-8,10-12H,6,9H2,1-5H3,(H,22,26)(H,23,27)/t12-/m0/s1. The second kappa shape index (κ2) is 7.39. The second-order valence-electron chi connectivity index (χ2n) is 7.14. The summed E-state index contributed by atoms with van der Waals surface area (Å²) in [5, 5.41) is 7.93. The molecule has 2 aromatic heterocycles. The lowest BCUT2D eigenvalue weighted by molar-refractivity contribution is -0.119. The van der Waals surface area contributed by atoms with Crippen molar-refractivity contribution in [3.63, 3.8) is 0 Å². The van der Waals surface area contributed by atoms with Crippen molar-refractivity contribution < 1.29 is 4.79 Å². The molecule has 142 valence electrons. The van der Waals surface area contributed by atoms with Crippen molar-refractivity contribution in [3.8, 4) is 0 Å². The van der Waals surface area contributed by atoms with Crippen molar-refractivity contribution >= 4 is 22.5 Å². The maximum absolute atomic E-state index is 12.6. The first-order valence-electron chi connectivity index (χ1n) is 9.26. The van der Waals surface area contributed by atoms with E-state index < -0.39 is 0 Å². The average Bonchev–Trinajstić information content (AvgIpc) is 2.88. The molecule has 1 atom stereocenters. The highest BCUT2D eigenvalue weighted by molar-refractivity contribution is 5.95. The van der Waals surface area contributed by atoms with Crippen LogP contribution in [0.2, 0.25) is 0 Å². The van der Waals surface area contributed by atoms with Crippen molar-refractivity contribution in [2.75, 3.05) is 5.32 Å². The van der Waals surface area contributed by atoms with Gasteiger partial charge in [-0.1, -0.05) is 13.8 Å². The third-order valence-electron chi connectivity index (χ3n) is 5.15. The number of hydrogen-bond acceptors (Lipinski definition) is 3. The highest BCUT2D eigenvalue weighted by Gasteiger charge is 2.19. The van der Waals surface area contributed by atoms with E-state index >= 15 is 0 Å². The van der Waals surface area contributed by atoms with Crippen molar-refractivity contribution in [1.29, 1.82) is 0 Å². The van der Waals surface area contributed by atoms with Gasteiger partial charge in [0.2, 0.25) is 5.91 Å². The predicted octanol–water partition coefficient (Wildman–Crippen LogP) is 3.26. The van der Waals surface area contributed by atoms with E-state index in [1.807, 2.05) is 51.6 Å². The Labute approximate surface area is 158 Å². The predicted molar refractivity (Wildman–Crippen MR) is 108 cm³/mol. The molecule has 0 aliphatic carbocycles. The zero-order chi connectivity index (χ0) is 19.7. The van der Waals surface area contributed by atoms with Crippen LogP contribution in [-0.4, -0.2) is 20.7 Å². The number of amides is 1. The van der Waals surface area contributed by atoms with Crippen LogP contribution in [0.15, 0.2) is 29.1 Å². The first kappa shape index (κ1) is 18.9. The molecule has 0 aliphatic heterocycles. The zero-order valence-corrected chi connectivity index (χ0v) is 16.5. The number of fused-ring (bicyclic) bond motifs is 1. The van der Waals surface area contributed by atoms with E-state index in [1.54, 1.807) is 12.1 Å². The topological polar surface area (TPSA) is 79.8 Å². The number of nitrogens with one attached hydrogen (secondary N) is 2. The Balaban J connectivity index is 1.79. The van der Waals surface area contributed by atoms with Crippen molar-refractivity contribution in [1.82, 2.24) is 14.8 Å². The molecule has 0 saturated heterocycles. The Morgan fingerprint density at radius 2 is 2.04 bits per heavy atom. The second-order valence-corrected chi connectivity index (χ2v) is 7.14. The fourth-order valence-electron chi connectivity index (χ4n) is 3.35. The monoisotopic (exact) mass is 366 g/mol. The van der Waals surface area contributed by atoms with Gasteiger partial charge in [0.25, 0.3) is 0 Å². The van der Waals surface area contributed by atoms with Crippen LogP contribution in [0.4, 0.5) is 5.69 Å². The lowest BCUT2D eigenvalue weighted by atomic mass is 9.98. The van der Waals surface area contributed by atoms with Crippen molar-refractivity contribution in [2.45, 2.75) is 40.5 Å². The number of pyridine rings is 1. The van der Waals surface area contributed by atoms with Crippen molar-refractivity contribution in [3.05, 3.63) is 57.1 Å². The minimum Gasteiger partial charge on any atom is -0.358 e. The number of H-pyrrole nitrogens is 1. The minimum absolute atomic E-state index is 0.0358. The van der Waals surface area contributed by atoms with Crippen LogP contribution >= 0.6 is 0 Å². The van der Waals surface area contributed by atoms with Gasteiger partial charge in [-0.25, -0.2) is 0 Å². The molecule has 0 fully saturated rings. The van der Waals surface area contributed by atoms with Crippen LogP contribution in [0, 0.1) is 19.8 Å². The number of aromatic amines is 1. The smallest absolute Gasteiger partial charge is 0.227 e. The number of carbonyl (C=O) groups is 1. The number of benzene rings is 1. The summed E-state index contributed by atoms with van der Waals surface area (Å²) in [6, 6.07) is 7.01. The molecule has 0 aliphatic rings. The van der Waals surface area contributed by atoms with Gasteiger partial charge >= 0.3 is 0 Å². The molecule has 0 saturated carbocycles. The molecule has 0 radical (unpaired) electrons. The average molecular weight is 366 g/mol. The van der Waals surface area contributed by atoms with Gasteiger partial charge < -0.3 is 10.3 Å². The molecule has 2 heterocycles. The third kappa shape index (κ3) is 3.79. The van der Waals surface area contributed by atoms with Crippen LogP contribution in [0.3, 0.4) is 0 Å². The molecular weight excluding hydrogens is 340 g/mol. The van der Waals surface area contributed by atoms with Gasteiger partial charge in [-0.05, 0) is 50.5 Å². The fourth-order valence-corrected chi connectivity index (χ4v) is 3.35. The summed E-state index contributed by atoms with van der Waals surface area (Å²) in [4.78, 5) is 28.2. The highest BCUT2D eigenvalue weighted by Crippen LogP contribution is 2.20. The summed E-state index contributed by atoms with van der Waals surface area (Å²) in [6.07, 6.45) is 1.40. The Morgan fingerprint density at radius 1 is 1.30 bits per heavy atom. The van der Waals surface area contributed by atoms with E-state index in [0.717, 1.165) is 34.6 Å². The lowest BCUT2D eigenvalue weighted by Gasteiger charge is -2.13. The maximum Gasteiger partial charge on any atom is 0.227 e. The number of carbonyl (C=O) groups excluding carboxylic acids is 1. The molecule has 0 unspecified atom stereocenters. The molecule has 0 bridgehead atoms. The summed E-state index contributed by atoms with van der Waals surface area (Å²) >= 11 is 0. The molecule has 3 aromatic rings. The number of anilines is 1. The zero-order valence-electron chi connectivity index (χ0n) is 16.5. The summed E-state index contributed by atoms with van der Waals surface area (Å²) < 4.78 is 1.84. The van der Waals surface area contributed by atoms with Gasteiger partial charge in [0.05, 0.1) is 5.69 Å². The first-order chi connectivity index (χ1) is 12.8. The minimum atomic E-state index is -0.206. The number of nitrogens with zero attached hydrogens (tertiary/aromatic N) is 2. The molecule has 6 heteroatoms. The molecular formula is C21H26N4O2. The molecule has 6 nitrogen and oxygen atoms in total. The van der Waals surface area contributed by atoms with Gasteiger partial charge in [-0.3, -0.25) is 14.3 Å². The summed E-state index contributed by atoms with van der Waals surface area (Å²) in [5.41, 5.74) is 5.43. The van der Waals surface area contributed by atoms with Crippen LogP contribution in [0.25, 0.3) is 10.9 Å². The molecule has 0 spiro atoms. The van der Waals surface area contributed by atoms with Crippen LogP contribution in [-0.2, 0) is 24.7 Å².